The lowest BCUT2D eigenvalue weighted by Gasteiger charge is -2.15. The summed E-state index contributed by atoms with van der Waals surface area (Å²) in [6.45, 7) is 1.32. The number of nitrogens with zero attached hydrogens (tertiary/aromatic N) is 2. The Morgan fingerprint density at radius 1 is 1.19 bits per heavy atom. The highest BCUT2D eigenvalue weighted by atomic mass is 19.4. The molecule has 1 N–H and O–H groups in total. The van der Waals surface area contributed by atoms with E-state index in [4.69, 9.17) is 4.74 Å². The Morgan fingerprint density at radius 3 is 2.44 bits per heavy atom. The largest absolute Gasteiger partial charge is 0.449 e. The van der Waals surface area contributed by atoms with Gasteiger partial charge in [-0.3, -0.25) is 4.79 Å². The van der Waals surface area contributed by atoms with Crippen LogP contribution in [0.3, 0.4) is 0 Å². The third-order valence-electron chi connectivity index (χ3n) is 3.55. The van der Waals surface area contributed by atoms with Crippen molar-refractivity contribution in [3.63, 3.8) is 0 Å². The minimum atomic E-state index is -4.52. The molecule has 1 heterocycles. The first kappa shape index (κ1) is 20.2. The average Bonchev–Trinajstić information content (AvgIpc) is 2.61. The Labute approximate surface area is 154 Å². The number of amides is 1. The lowest BCUT2D eigenvalue weighted by atomic mass is 10.2. The monoisotopic (exact) mass is 381 g/mol. The van der Waals surface area contributed by atoms with Crippen LogP contribution in [0, 0.1) is 0 Å². The number of carbonyl (C=O) groups excluding carboxylic acids is 2. The Balaban J connectivity index is 2.00. The highest BCUT2D eigenvalue weighted by molar-refractivity contribution is 5.97. The molecule has 0 bridgehead atoms. The third kappa shape index (κ3) is 5.44. The lowest BCUT2D eigenvalue weighted by Crippen LogP contribution is -2.30. The molecule has 2 aromatic rings. The van der Waals surface area contributed by atoms with E-state index >= 15 is 0 Å². The molecule has 0 aliphatic heterocycles. The summed E-state index contributed by atoms with van der Waals surface area (Å²) in [5.74, 6) is -0.873. The molecule has 9 heteroatoms. The topological polar surface area (TPSA) is 71.5 Å². The molecule has 0 fully saturated rings. The van der Waals surface area contributed by atoms with Crippen LogP contribution in [0.4, 0.5) is 24.7 Å². The smallest absolute Gasteiger partial charge is 0.416 e. The molecular formula is C18H18F3N3O3. The highest BCUT2D eigenvalue weighted by Gasteiger charge is 2.30. The summed E-state index contributed by atoms with van der Waals surface area (Å²) in [6.07, 6.45) is -4.42. The summed E-state index contributed by atoms with van der Waals surface area (Å²) in [5.41, 5.74) is -0.786. The van der Waals surface area contributed by atoms with Gasteiger partial charge in [-0.25, -0.2) is 9.78 Å². The molecule has 6 nitrogen and oxygen atoms in total. The van der Waals surface area contributed by atoms with Crippen molar-refractivity contribution in [2.45, 2.75) is 19.2 Å². The Morgan fingerprint density at radius 2 is 1.89 bits per heavy atom. The van der Waals surface area contributed by atoms with Crippen LogP contribution in [-0.4, -0.2) is 37.1 Å². The standard InChI is InChI=1S/C18H18F3N3O3/c1-11(27-17(26)12-7-8-15(22-10-12)24(2)3)16(25)23-14-6-4-5-13(9-14)18(19,20)21/h4-11H,1-3H3,(H,23,25)/t11-/m0/s1. The van der Waals surface area contributed by atoms with Gasteiger partial charge in [-0.05, 0) is 37.3 Å². The predicted molar refractivity (Wildman–Crippen MR) is 93.5 cm³/mol. The average molecular weight is 381 g/mol. The zero-order valence-electron chi connectivity index (χ0n) is 14.9. The number of pyridine rings is 1. The molecule has 0 saturated carbocycles. The number of ether oxygens (including phenoxy) is 1. The maximum absolute atomic E-state index is 12.7. The summed E-state index contributed by atoms with van der Waals surface area (Å²) < 4.78 is 43.2. The molecule has 0 aliphatic carbocycles. The lowest BCUT2D eigenvalue weighted by molar-refractivity contribution is -0.137. The van der Waals surface area contributed by atoms with Crippen molar-refractivity contribution in [3.8, 4) is 0 Å². The fourth-order valence-electron chi connectivity index (χ4n) is 2.07. The normalized spacial score (nSPS) is 12.2. The van der Waals surface area contributed by atoms with E-state index in [1.165, 1.54) is 31.3 Å². The third-order valence-corrected chi connectivity index (χ3v) is 3.55. The first-order chi connectivity index (χ1) is 12.6. The van der Waals surface area contributed by atoms with Crippen molar-refractivity contribution in [3.05, 3.63) is 53.7 Å². The van der Waals surface area contributed by atoms with E-state index < -0.39 is 29.7 Å². The number of halogens is 3. The molecule has 0 unspecified atom stereocenters. The van der Waals surface area contributed by atoms with Gasteiger partial charge in [0.1, 0.15) is 5.82 Å². The van der Waals surface area contributed by atoms with Gasteiger partial charge in [0.05, 0.1) is 11.1 Å². The Kier molecular flexibility index (Phi) is 6.04. The van der Waals surface area contributed by atoms with Crippen LogP contribution in [0.5, 0.6) is 0 Å². The van der Waals surface area contributed by atoms with Crippen LogP contribution in [0.2, 0.25) is 0 Å². The summed E-state index contributed by atoms with van der Waals surface area (Å²) in [7, 11) is 3.58. The van der Waals surface area contributed by atoms with E-state index in [-0.39, 0.29) is 11.3 Å². The Bertz CT molecular complexity index is 821. The van der Waals surface area contributed by atoms with Crippen molar-refractivity contribution >= 4 is 23.4 Å². The second-order valence-electron chi connectivity index (χ2n) is 5.91. The first-order valence-corrected chi connectivity index (χ1v) is 7.90. The molecule has 1 atom stereocenters. The number of alkyl halides is 3. The van der Waals surface area contributed by atoms with Crippen molar-refractivity contribution in [1.82, 2.24) is 4.98 Å². The van der Waals surface area contributed by atoms with Gasteiger partial charge in [0, 0.05) is 26.0 Å². The van der Waals surface area contributed by atoms with Crippen LogP contribution in [0.25, 0.3) is 0 Å². The van der Waals surface area contributed by atoms with E-state index in [1.54, 1.807) is 25.1 Å². The molecule has 0 radical (unpaired) electrons. The molecule has 1 amide bonds. The first-order valence-electron chi connectivity index (χ1n) is 7.90. The van der Waals surface area contributed by atoms with Gasteiger partial charge in [0.15, 0.2) is 6.10 Å². The minimum Gasteiger partial charge on any atom is -0.449 e. The van der Waals surface area contributed by atoms with Crippen molar-refractivity contribution < 1.29 is 27.5 Å². The van der Waals surface area contributed by atoms with Gasteiger partial charge in [-0.15, -0.1) is 0 Å². The second-order valence-corrected chi connectivity index (χ2v) is 5.91. The highest BCUT2D eigenvalue weighted by Crippen LogP contribution is 2.30. The fourth-order valence-corrected chi connectivity index (χ4v) is 2.07. The fraction of sp³-hybridized carbons (Fsp3) is 0.278. The van der Waals surface area contributed by atoms with Gasteiger partial charge in [-0.1, -0.05) is 6.07 Å². The van der Waals surface area contributed by atoms with E-state index in [1.807, 2.05) is 0 Å². The van der Waals surface area contributed by atoms with Gasteiger partial charge < -0.3 is 15.0 Å². The van der Waals surface area contributed by atoms with Crippen molar-refractivity contribution in [1.29, 1.82) is 0 Å². The van der Waals surface area contributed by atoms with Crippen LogP contribution >= 0.6 is 0 Å². The van der Waals surface area contributed by atoms with Crippen LogP contribution in [0.1, 0.15) is 22.8 Å². The number of benzene rings is 1. The SMILES string of the molecule is C[C@H](OC(=O)c1ccc(N(C)C)nc1)C(=O)Nc1cccc(C(F)(F)F)c1. The minimum absolute atomic E-state index is 0.0465. The molecule has 2 rings (SSSR count). The molecule has 27 heavy (non-hydrogen) atoms. The van der Waals surface area contributed by atoms with E-state index in [0.29, 0.717) is 5.82 Å². The number of esters is 1. The number of nitrogens with one attached hydrogen (secondary N) is 1. The van der Waals surface area contributed by atoms with Gasteiger partial charge >= 0.3 is 12.1 Å². The zero-order valence-corrected chi connectivity index (χ0v) is 14.9. The maximum Gasteiger partial charge on any atom is 0.416 e. The van der Waals surface area contributed by atoms with Crippen LogP contribution in [0.15, 0.2) is 42.6 Å². The summed E-state index contributed by atoms with van der Waals surface area (Å²) in [5, 5.41) is 2.30. The predicted octanol–water partition coefficient (Wildman–Crippen LogP) is 3.35. The van der Waals surface area contributed by atoms with Crippen molar-refractivity contribution in [2.24, 2.45) is 0 Å². The van der Waals surface area contributed by atoms with Crippen LogP contribution < -0.4 is 10.2 Å². The number of hydrogen-bond donors (Lipinski definition) is 1. The van der Waals surface area contributed by atoms with Gasteiger partial charge in [0.2, 0.25) is 0 Å². The summed E-state index contributed by atoms with van der Waals surface area (Å²) >= 11 is 0. The summed E-state index contributed by atoms with van der Waals surface area (Å²) in [4.78, 5) is 30.0. The molecule has 0 spiro atoms. The number of anilines is 2. The molecule has 0 aliphatic rings. The number of aromatic nitrogens is 1. The Hall–Kier alpha value is -3.10. The van der Waals surface area contributed by atoms with E-state index in [0.717, 1.165) is 12.1 Å². The molecule has 1 aromatic heterocycles. The van der Waals surface area contributed by atoms with Gasteiger partial charge in [0.25, 0.3) is 5.91 Å². The van der Waals surface area contributed by atoms with Gasteiger partial charge in [-0.2, -0.15) is 13.2 Å². The maximum atomic E-state index is 12.7. The molecule has 0 saturated heterocycles. The zero-order chi connectivity index (χ0) is 20.2. The van der Waals surface area contributed by atoms with Crippen molar-refractivity contribution in [2.75, 3.05) is 24.3 Å². The molecule has 144 valence electrons. The summed E-state index contributed by atoms with van der Waals surface area (Å²) in [6, 6.07) is 7.30. The molecule has 1 aromatic carbocycles. The quantitative estimate of drug-likeness (QED) is 0.805. The van der Waals surface area contributed by atoms with E-state index in [2.05, 4.69) is 10.3 Å². The van der Waals surface area contributed by atoms with Crippen LogP contribution in [-0.2, 0) is 15.7 Å². The second kappa shape index (κ2) is 8.07. The van der Waals surface area contributed by atoms with E-state index in [9.17, 15) is 22.8 Å². The number of hydrogen-bond acceptors (Lipinski definition) is 5. The number of rotatable bonds is 5. The number of carbonyl (C=O) groups is 2. The molecular weight excluding hydrogens is 363 g/mol.